The Morgan fingerprint density at radius 2 is 1.57 bits per heavy atom. The summed E-state index contributed by atoms with van der Waals surface area (Å²) in [7, 11) is 0. The number of aryl methyl sites for hydroxylation is 1. The van der Waals surface area contributed by atoms with Crippen LogP contribution in [-0.4, -0.2) is 28.8 Å². The molecule has 6 heteroatoms. The molecule has 1 atom stereocenters. The average Bonchev–Trinajstić information content (AvgIpc) is 2.63. The summed E-state index contributed by atoms with van der Waals surface area (Å²) in [6.45, 7) is 7.84. The molecule has 150 valence electrons. The summed E-state index contributed by atoms with van der Waals surface area (Å²) >= 11 is 12.5. The van der Waals surface area contributed by atoms with E-state index in [1.165, 1.54) is 0 Å². The SMILES string of the molecule is Cc1ccc(CN(C(=O)Cc2c(Cl)cccc2Cl)[C@@H](C)C(=O)NC(C)C)cc1. The molecule has 0 aliphatic carbocycles. The molecule has 2 amide bonds. The summed E-state index contributed by atoms with van der Waals surface area (Å²) < 4.78 is 0. The topological polar surface area (TPSA) is 49.4 Å². The minimum Gasteiger partial charge on any atom is -0.352 e. The Kier molecular flexibility index (Phi) is 7.90. The van der Waals surface area contributed by atoms with Crippen LogP contribution < -0.4 is 5.32 Å². The molecule has 0 aromatic heterocycles. The van der Waals surface area contributed by atoms with E-state index in [0.29, 0.717) is 22.2 Å². The molecule has 0 unspecified atom stereocenters. The first-order valence-electron chi connectivity index (χ1n) is 9.27. The highest BCUT2D eigenvalue weighted by molar-refractivity contribution is 6.36. The molecule has 1 N–H and O–H groups in total. The quantitative estimate of drug-likeness (QED) is 0.699. The number of carbonyl (C=O) groups is 2. The van der Waals surface area contributed by atoms with Gasteiger partial charge in [0.1, 0.15) is 6.04 Å². The molecule has 4 nitrogen and oxygen atoms in total. The molecule has 28 heavy (non-hydrogen) atoms. The van der Waals surface area contributed by atoms with Crippen LogP contribution in [0.25, 0.3) is 0 Å². The van der Waals surface area contributed by atoms with E-state index in [-0.39, 0.29) is 24.3 Å². The third-order valence-corrected chi connectivity index (χ3v) is 5.17. The molecule has 0 radical (unpaired) electrons. The van der Waals surface area contributed by atoms with Gasteiger partial charge in [0, 0.05) is 22.6 Å². The van der Waals surface area contributed by atoms with Gasteiger partial charge in [0.15, 0.2) is 0 Å². The maximum atomic E-state index is 13.1. The number of rotatable bonds is 7. The number of hydrogen-bond donors (Lipinski definition) is 1. The summed E-state index contributed by atoms with van der Waals surface area (Å²) in [4.78, 5) is 27.3. The zero-order chi connectivity index (χ0) is 20.8. The zero-order valence-electron chi connectivity index (χ0n) is 16.6. The van der Waals surface area contributed by atoms with Crippen molar-refractivity contribution < 1.29 is 9.59 Å². The number of carbonyl (C=O) groups excluding carboxylic acids is 2. The summed E-state index contributed by atoms with van der Waals surface area (Å²) in [5, 5.41) is 3.75. The van der Waals surface area contributed by atoms with E-state index in [4.69, 9.17) is 23.2 Å². The molecule has 2 rings (SSSR count). The van der Waals surface area contributed by atoms with Crippen molar-refractivity contribution >= 4 is 35.0 Å². The number of amides is 2. The minimum atomic E-state index is -0.627. The van der Waals surface area contributed by atoms with Crippen molar-refractivity contribution in [3.8, 4) is 0 Å². The van der Waals surface area contributed by atoms with Crippen LogP contribution in [-0.2, 0) is 22.6 Å². The molecule has 0 fully saturated rings. The lowest BCUT2D eigenvalue weighted by molar-refractivity contribution is -0.140. The fourth-order valence-corrected chi connectivity index (χ4v) is 3.36. The van der Waals surface area contributed by atoms with Gasteiger partial charge in [-0.3, -0.25) is 9.59 Å². The van der Waals surface area contributed by atoms with Crippen LogP contribution in [0.3, 0.4) is 0 Å². The van der Waals surface area contributed by atoms with Gasteiger partial charge in [-0.15, -0.1) is 0 Å². The second kappa shape index (κ2) is 9.94. The molecule has 0 saturated carbocycles. The van der Waals surface area contributed by atoms with E-state index < -0.39 is 6.04 Å². The molecule has 0 heterocycles. The molecule has 0 saturated heterocycles. The Balaban J connectivity index is 2.29. The molecule has 2 aromatic carbocycles. The first kappa shape index (κ1) is 22.3. The van der Waals surface area contributed by atoms with Gasteiger partial charge < -0.3 is 10.2 Å². The summed E-state index contributed by atoms with van der Waals surface area (Å²) in [5.74, 6) is -0.400. The standard InChI is InChI=1S/C22H26Cl2N2O2/c1-14(2)25-22(28)16(4)26(13-17-10-8-15(3)9-11-17)21(27)12-18-19(23)6-5-7-20(18)24/h5-11,14,16H,12-13H2,1-4H3,(H,25,28)/t16-/m0/s1. The monoisotopic (exact) mass is 420 g/mol. The van der Waals surface area contributed by atoms with E-state index in [9.17, 15) is 9.59 Å². The summed E-state index contributed by atoms with van der Waals surface area (Å²) in [6, 6.07) is 12.4. The first-order chi connectivity index (χ1) is 13.2. The molecule has 0 aliphatic heterocycles. The highest BCUT2D eigenvalue weighted by atomic mass is 35.5. The second-order valence-electron chi connectivity index (χ2n) is 7.22. The van der Waals surface area contributed by atoms with Crippen molar-refractivity contribution in [1.29, 1.82) is 0 Å². The highest BCUT2D eigenvalue weighted by Crippen LogP contribution is 2.26. The molecule has 2 aromatic rings. The Hall–Kier alpha value is -2.04. The third-order valence-electron chi connectivity index (χ3n) is 4.46. The van der Waals surface area contributed by atoms with E-state index in [2.05, 4.69) is 5.32 Å². The normalized spacial score (nSPS) is 12.0. The van der Waals surface area contributed by atoms with Crippen LogP contribution in [0.4, 0.5) is 0 Å². The Morgan fingerprint density at radius 1 is 1.00 bits per heavy atom. The molecule has 0 spiro atoms. The van der Waals surface area contributed by atoms with Gasteiger partial charge in [0.2, 0.25) is 11.8 Å². The van der Waals surface area contributed by atoms with Crippen molar-refractivity contribution in [2.75, 3.05) is 0 Å². The second-order valence-corrected chi connectivity index (χ2v) is 8.04. The summed E-state index contributed by atoms with van der Waals surface area (Å²) in [5.41, 5.74) is 2.66. The lowest BCUT2D eigenvalue weighted by Crippen LogP contribution is -2.49. The van der Waals surface area contributed by atoms with E-state index in [0.717, 1.165) is 11.1 Å². The Labute approximate surface area is 176 Å². The van der Waals surface area contributed by atoms with Gasteiger partial charge >= 0.3 is 0 Å². The molecular formula is C22H26Cl2N2O2. The average molecular weight is 421 g/mol. The molecular weight excluding hydrogens is 395 g/mol. The molecule has 0 aliphatic rings. The van der Waals surface area contributed by atoms with Crippen molar-refractivity contribution in [3.63, 3.8) is 0 Å². The van der Waals surface area contributed by atoms with E-state index in [1.807, 2.05) is 45.0 Å². The van der Waals surface area contributed by atoms with Crippen molar-refractivity contribution in [1.82, 2.24) is 10.2 Å². The minimum absolute atomic E-state index is 0.00992. The van der Waals surface area contributed by atoms with Crippen LogP contribution in [0, 0.1) is 6.92 Å². The number of benzene rings is 2. The van der Waals surface area contributed by atoms with Crippen molar-refractivity contribution in [2.45, 2.75) is 52.7 Å². The lowest BCUT2D eigenvalue weighted by Gasteiger charge is -2.29. The number of halogens is 2. The first-order valence-corrected chi connectivity index (χ1v) is 10.0. The maximum absolute atomic E-state index is 13.1. The van der Waals surface area contributed by atoms with Crippen LogP contribution >= 0.6 is 23.2 Å². The smallest absolute Gasteiger partial charge is 0.242 e. The third kappa shape index (κ3) is 5.98. The lowest BCUT2D eigenvalue weighted by atomic mass is 10.1. The molecule has 0 bridgehead atoms. The van der Waals surface area contributed by atoms with Gasteiger partial charge in [-0.1, -0.05) is 59.1 Å². The van der Waals surface area contributed by atoms with Crippen molar-refractivity contribution in [3.05, 3.63) is 69.2 Å². The number of nitrogens with zero attached hydrogens (tertiary/aromatic N) is 1. The summed E-state index contributed by atoms with van der Waals surface area (Å²) in [6.07, 6.45) is 0.0314. The number of nitrogens with one attached hydrogen (secondary N) is 1. The predicted octanol–water partition coefficient (Wildman–Crippen LogP) is 4.79. The van der Waals surface area contributed by atoms with Crippen LogP contribution in [0.2, 0.25) is 10.0 Å². The van der Waals surface area contributed by atoms with Crippen LogP contribution in [0.1, 0.15) is 37.5 Å². The highest BCUT2D eigenvalue weighted by Gasteiger charge is 2.27. The fourth-order valence-electron chi connectivity index (χ4n) is 2.83. The van der Waals surface area contributed by atoms with E-state index in [1.54, 1.807) is 30.0 Å². The van der Waals surface area contributed by atoms with Gasteiger partial charge in [-0.25, -0.2) is 0 Å². The van der Waals surface area contributed by atoms with Crippen molar-refractivity contribution in [2.24, 2.45) is 0 Å². The largest absolute Gasteiger partial charge is 0.352 e. The zero-order valence-corrected chi connectivity index (χ0v) is 18.1. The van der Waals surface area contributed by atoms with Crippen LogP contribution in [0.15, 0.2) is 42.5 Å². The maximum Gasteiger partial charge on any atom is 0.242 e. The van der Waals surface area contributed by atoms with Gasteiger partial charge in [-0.05, 0) is 51.0 Å². The van der Waals surface area contributed by atoms with Gasteiger partial charge in [0.25, 0.3) is 0 Å². The van der Waals surface area contributed by atoms with Gasteiger partial charge in [-0.2, -0.15) is 0 Å². The van der Waals surface area contributed by atoms with Crippen LogP contribution in [0.5, 0.6) is 0 Å². The predicted molar refractivity (Wildman–Crippen MR) is 115 cm³/mol. The van der Waals surface area contributed by atoms with Gasteiger partial charge in [0.05, 0.1) is 6.42 Å². The van der Waals surface area contributed by atoms with E-state index >= 15 is 0 Å². The Morgan fingerprint density at radius 3 is 2.11 bits per heavy atom. The Bertz CT molecular complexity index is 815. The number of hydrogen-bond acceptors (Lipinski definition) is 2. The fraction of sp³-hybridized carbons (Fsp3) is 0.364.